The Balaban J connectivity index is 2.70. The van der Waals surface area contributed by atoms with Gasteiger partial charge in [-0.25, -0.2) is 0 Å². The summed E-state index contributed by atoms with van der Waals surface area (Å²) in [5.74, 6) is 0.722. The molecule has 0 aromatic rings. The fourth-order valence-corrected chi connectivity index (χ4v) is 4.16. The summed E-state index contributed by atoms with van der Waals surface area (Å²) >= 11 is 0. The minimum absolute atomic E-state index is 0.104. The lowest BCUT2D eigenvalue weighted by Gasteiger charge is -2.52. The van der Waals surface area contributed by atoms with Gasteiger partial charge < -0.3 is 5.21 Å². The molecule has 0 unspecified atom stereocenters. The Morgan fingerprint density at radius 2 is 1.58 bits per heavy atom. The summed E-state index contributed by atoms with van der Waals surface area (Å²) in [5, 5.41) is 11.9. The molecule has 1 aliphatic heterocycles. The average molecular weight is 269 g/mol. The molecule has 0 atom stereocenters. The molecule has 0 aromatic heterocycles. The van der Waals surface area contributed by atoms with Gasteiger partial charge in [-0.1, -0.05) is 33.6 Å². The molecule has 0 bridgehead atoms. The summed E-state index contributed by atoms with van der Waals surface area (Å²) in [7, 11) is 0. The van der Waals surface area contributed by atoms with Crippen molar-refractivity contribution in [2.45, 2.75) is 98.1 Å². The van der Waals surface area contributed by atoms with E-state index in [1.165, 1.54) is 25.7 Å². The predicted octanol–water partition coefficient (Wildman–Crippen LogP) is 5.25. The molecule has 1 rings (SSSR count). The largest absolute Gasteiger partial charge is 0.313 e. The number of rotatable bonds is 5. The monoisotopic (exact) mass is 269 g/mol. The molecule has 1 N–H and O–H groups in total. The second kappa shape index (κ2) is 5.73. The molecule has 2 nitrogen and oxygen atoms in total. The van der Waals surface area contributed by atoms with Gasteiger partial charge in [-0.2, -0.15) is 5.06 Å². The molecular weight excluding hydrogens is 234 g/mol. The number of nitrogens with zero attached hydrogens (tertiary/aromatic N) is 1. The molecule has 1 saturated heterocycles. The van der Waals surface area contributed by atoms with Gasteiger partial charge in [0, 0.05) is 11.1 Å². The molecule has 0 radical (unpaired) electrons. The van der Waals surface area contributed by atoms with Gasteiger partial charge in [0.2, 0.25) is 0 Å². The Bertz CT molecular complexity index is 276. The third-order valence-electron chi connectivity index (χ3n) is 4.77. The molecule has 114 valence electrons. The van der Waals surface area contributed by atoms with Crippen molar-refractivity contribution in [2.75, 3.05) is 0 Å². The SMILES string of the molecule is CCCCC(C)(C)CC1CC(C)(C)N(O)C(C)(C)C1. The van der Waals surface area contributed by atoms with Gasteiger partial charge in [0.05, 0.1) is 0 Å². The topological polar surface area (TPSA) is 23.5 Å². The Hall–Kier alpha value is -0.0800. The Morgan fingerprint density at radius 1 is 1.11 bits per heavy atom. The van der Waals surface area contributed by atoms with E-state index >= 15 is 0 Å². The number of unbranched alkanes of at least 4 members (excludes halogenated alkanes) is 1. The highest BCUT2D eigenvalue weighted by molar-refractivity contribution is 4.97. The van der Waals surface area contributed by atoms with Gasteiger partial charge in [-0.3, -0.25) is 0 Å². The van der Waals surface area contributed by atoms with E-state index in [0.717, 1.165) is 18.8 Å². The van der Waals surface area contributed by atoms with Gasteiger partial charge in [-0.05, 0) is 64.7 Å². The number of hydrogen-bond acceptors (Lipinski definition) is 2. The van der Waals surface area contributed by atoms with Gasteiger partial charge in [-0.15, -0.1) is 0 Å². The van der Waals surface area contributed by atoms with E-state index in [9.17, 15) is 5.21 Å². The van der Waals surface area contributed by atoms with Crippen molar-refractivity contribution in [2.24, 2.45) is 11.3 Å². The summed E-state index contributed by atoms with van der Waals surface area (Å²) in [4.78, 5) is 0. The molecule has 1 fully saturated rings. The van der Waals surface area contributed by atoms with E-state index in [2.05, 4.69) is 48.5 Å². The zero-order valence-electron chi connectivity index (χ0n) is 14.2. The van der Waals surface area contributed by atoms with Gasteiger partial charge >= 0.3 is 0 Å². The van der Waals surface area contributed by atoms with Gasteiger partial charge in [0.1, 0.15) is 0 Å². The van der Waals surface area contributed by atoms with Crippen molar-refractivity contribution in [1.82, 2.24) is 5.06 Å². The molecular formula is C17H35NO. The zero-order valence-corrected chi connectivity index (χ0v) is 14.2. The average Bonchev–Trinajstić information content (AvgIpc) is 2.21. The maximum atomic E-state index is 10.4. The van der Waals surface area contributed by atoms with E-state index in [4.69, 9.17) is 0 Å². The van der Waals surface area contributed by atoms with Crippen molar-refractivity contribution in [1.29, 1.82) is 0 Å². The molecule has 1 aliphatic rings. The van der Waals surface area contributed by atoms with Crippen LogP contribution in [-0.4, -0.2) is 21.3 Å². The molecule has 0 aromatic carbocycles. The number of piperidine rings is 1. The second-order valence-corrected chi connectivity index (χ2v) is 8.68. The lowest BCUT2D eigenvalue weighted by molar-refractivity contribution is -0.252. The fourth-order valence-electron chi connectivity index (χ4n) is 4.16. The van der Waals surface area contributed by atoms with Crippen LogP contribution in [0.4, 0.5) is 0 Å². The third-order valence-corrected chi connectivity index (χ3v) is 4.77. The third kappa shape index (κ3) is 4.46. The van der Waals surface area contributed by atoms with Crippen LogP contribution in [0.3, 0.4) is 0 Å². The van der Waals surface area contributed by atoms with Crippen molar-refractivity contribution < 1.29 is 5.21 Å². The summed E-state index contributed by atoms with van der Waals surface area (Å²) < 4.78 is 0. The van der Waals surface area contributed by atoms with E-state index in [1.54, 1.807) is 5.06 Å². The van der Waals surface area contributed by atoms with E-state index in [0.29, 0.717) is 5.41 Å². The molecule has 1 heterocycles. The maximum absolute atomic E-state index is 10.4. The zero-order chi connectivity index (χ0) is 14.9. The first kappa shape index (κ1) is 17.0. The molecule has 0 aliphatic carbocycles. The maximum Gasteiger partial charge on any atom is 0.0413 e. The first-order chi connectivity index (χ1) is 8.50. The van der Waals surface area contributed by atoms with Crippen LogP contribution in [0.5, 0.6) is 0 Å². The van der Waals surface area contributed by atoms with E-state index in [1.807, 2.05) is 0 Å². The Morgan fingerprint density at radius 3 is 2.00 bits per heavy atom. The Kier molecular flexibility index (Phi) is 5.12. The summed E-state index contributed by atoms with van der Waals surface area (Å²) in [6.45, 7) is 15.8. The smallest absolute Gasteiger partial charge is 0.0413 e. The lowest BCUT2D eigenvalue weighted by Crippen LogP contribution is -2.59. The molecule has 0 amide bonds. The molecule has 0 saturated carbocycles. The Labute approximate surface area is 120 Å². The van der Waals surface area contributed by atoms with Crippen molar-refractivity contribution in [3.05, 3.63) is 0 Å². The number of hydroxylamine groups is 2. The van der Waals surface area contributed by atoms with Crippen LogP contribution in [-0.2, 0) is 0 Å². The van der Waals surface area contributed by atoms with Crippen molar-refractivity contribution in [3.8, 4) is 0 Å². The molecule has 0 spiro atoms. The lowest BCUT2D eigenvalue weighted by atomic mass is 9.68. The van der Waals surface area contributed by atoms with Crippen molar-refractivity contribution in [3.63, 3.8) is 0 Å². The van der Waals surface area contributed by atoms with Crippen molar-refractivity contribution >= 4 is 0 Å². The van der Waals surface area contributed by atoms with Crippen LogP contribution in [0.25, 0.3) is 0 Å². The quantitative estimate of drug-likeness (QED) is 0.736. The van der Waals surface area contributed by atoms with Crippen LogP contribution < -0.4 is 0 Å². The van der Waals surface area contributed by atoms with Crippen LogP contribution in [0.2, 0.25) is 0 Å². The van der Waals surface area contributed by atoms with Gasteiger partial charge in [0.15, 0.2) is 0 Å². The highest BCUT2D eigenvalue weighted by Gasteiger charge is 2.45. The van der Waals surface area contributed by atoms with Crippen LogP contribution in [0, 0.1) is 11.3 Å². The minimum atomic E-state index is -0.104. The predicted molar refractivity (Wildman–Crippen MR) is 82.4 cm³/mol. The summed E-state index contributed by atoms with van der Waals surface area (Å²) in [6, 6.07) is 0. The molecule has 19 heavy (non-hydrogen) atoms. The van der Waals surface area contributed by atoms with Gasteiger partial charge in [0.25, 0.3) is 0 Å². The fraction of sp³-hybridized carbons (Fsp3) is 1.00. The van der Waals surface area contributed by atoms with Crippen LogP contribution in [0.15, 0.2) is 0 Å². The highest BCUT2D eigenvalue weighted by Crippen LogP contribution is 2.45. The highest BCUT2D eigenvalue weighted by atomic mass is 16.5. The summed E-state index contributed by atoms with van der Waals surface area (Å²) in [6.07, 6.45) is 7.43. The minimum Gasteiger partial charge on any atom is -0.313 e. The first-order valence-corrected chi connectivity index (χ1v) is 7.99. The standard InChI is InChI=1S/C17H35NO/c1-8-9-10-15(2,3)11-14-12-16(4,5)18(19)17(6,7)13-14/h14,19H,8-13H2,1-7H3. The second-order valence-electron chi connectivity index (χ2n) is 8.68. The van der Waals surface area contributed by atoms with E-state index < -0.39 is 0 Å². The number of hydrogen-bond donors (Lipinski definition) is 1. The summed E-state index contributed by atoms with van der Waals surface area (Å²) in [5.41, 5.74) is 0.227. The molecule has 2 heteroatoms. The normalized spacial score (nSPS) is 24.6. The first-order valence-electron chi connectivity index (χ1n) is 7.99. The van der Waals surface area contributed by atoms with Crippen LogP contribution >= 0.6 is 0 Å². The van der Waals surface area contributed by atoms with Crippen LogP contribution in [0.1, 0.15) is 87.0 Å². The van der Waals surface area contributed by atoms with E-state index in [-0.39, 0.29) is 11.1 Å².